The Bertz CT molecular complexity index is 1330. The molecule has 168 valence electrons. The zero-order valence-corrected chi connectivity index (χ0v) is 17.8. The molecule has 5 rings (SSSR count). The van der Waals surface area contributed by atoms with Crippen LogP contribution in [0, 0.1) is 0 Å². The molecule has 0 unspecified atom stereocenters. The summed E-state index contributed by atoms with van der Waals surface area (Å²) in [4.78, 5) is 51.9. The molecular formula is C22H21N7O4. The number of rotatable bonds is 6. The van der Waals surface area contributed by atoms with Gasteiger partial charge >= 0.3 is 6.09 Å². The number of hydrogen-bond acceptors (Lipinski definition) is 7. The number of nitrogens with zero attached hydrogens (tertiary/aromatic N) is 4. The Hall–Kier alpha value is -4.28. The molecular weight excluding hydrogens is 426 g/mol. The van der Waals surface area contributed by atoms with E-state index in [1.54, 1.807) is 30.1 Å². The van der Waals surface area contributed by atoms with Gasteiger partial charge in [-0.3, -0.25) is 19.9 Å². The second-order valence-electron chi connectivity index (χ2n) is 7.74. The van der Waals surface area contributed by atoms with E-state index in [0.717, 1.165) is 12.8 Å². The van der Waals surface area contributed by atoms with Crippen LogP contribution in [-0.2, 0) is 9.53 Å². The van der Waals surface area contributed by atoms with Crippen molar-refractivity contribution >= 4 is 40.5 Å². The lowest BCUT2D eigenvalue weighted by atomic mass is 10.0. The third kappa shape index (κ3) is 4.38. The van der Waals surface area contributed by atoms with E-state index in [1.807, 2.05) is 12.1 Å². The summed E-state index contributed by atoms with van der Waals surface area (Å²) < 4.78 is 6.64. The standard InChI is InChI=1S/C22H21N7O4/c1-2-33-22(32)28-21-26-17-8-13(29-10-18(24-11-29)20(31)25-12-3-4-12)7-15(19(17)27-21)16-6-5-14(30)9-23-16/h5-8,10-12H,2-4,9H2,1H3,(H,25,31)(H2,26,27,28,32). The number of carbonyl (C=O) groups is 3. The minimum atomic E-state index is -0.625. The van der Waals surface area contributed by atoms with Crippen LogP contribution in [-0.4, -0.2) is 62.2 Å². The van der Waals surface area contributed by atoms with Crippen LogP contribution in [0.4, 0.5) is 10.7 Å². The van der Waals surface area contributed by atoms with Gasteiger partial charge in [0.15, 0.2) is 5.78 Å². The van der Waals surface area contributed by atoms with Crippen LogP contribution in [0.25, 0.3) is 16.7 Å². The molecule has 3 heterocycles. The first-order chi connectivity index (χ1) is 16.0. The number of anilines is 1. The van der Waals surface area contributed by atoms with Crippen molar-refractivity contribution in [2.24, 2.45) is 4.99 Å². The molecule has 11 nitrogen and oxygen atoms in total. The molecule has 3 aromatic rings. The largest absolute Gasteiger partial charge is 0.450 e. The predicted molar refractivity (Wildman–Crippen MR) is 120 cm³/mol. The third-order valence-electron chi connectivity index (χ3n) is 5.20. The normalized spacial score (nSPS) is 15.4. The van der Waals surface area contributed by atoms with E-state index in [4.69, 9.17) is 4.74 Å². The second kappa shape index (κ2) is 8.34. The molecule has 2 aliphatic rings. The summed E-state index contributed by atoms with van der Waals surface area (Å²) in [5.74, 6) is -0.0784. The van der Waals surface area contributed by atoms with Gasteiger partial charge in [-0.15, -0.1) is 0 Å². The van der Waals surface area contributed by atoms with Gasteiger partial charge < -0.3 is 19.6 Å². The van der Waals surface area contributed by atoms with E-state index >= 15 is 0 Å². The number of benzene rings is 1. The molecule has 11 heteroatoms. The van der Waals surface area contributed by atoms with Crippen LogP contribution >= 0.6 is 0 Å². The molecule has 0 radical (unpaired) electrons. The average molecular weight is 447 g/mol. The Labute approximate surface area is 188 Å². The summed E-state index contributed by atoms with van der Waals surface area (Å²) in [7, 11) is 0. The number of fused-ring (bicyclic) bond motifs is 1. The van der Waals surface area contributed by atoms with E-state index in [0.29, 0.717) is 33.7 Å². The minimum absolute atomic E-state index is 0.0481. The summed E-state index contributed by atoms with van der Waals surface area (Å²) in [6.45, 7) is 1.99. The molecule has 1 saturated carbocycles. The zero-order valence-electron chi connectivity index (χ0n) is 17.8. The van der Waals surface area contributed by atoms with Crippen LogP contribution in [0.3, 0.4) is 0 Å². The number of aromatic amines is 1. The second-order valence-corrected chi connectivity index (χ2v) is 7.74. The van der Waals surface area contributed by atoms with Gasteiger partial charge in [-0.1, -0.05) is 0 Å². The SMILES string of the molecule is CCOC(=O)Nc1nc2c(C3=NCC(=O)C=C3)cc(-n3cnc(C(=O)NC4CC4)c3)cc2[nH]1. The van der Waals surface area contributed by atoms with E-state index < -0.39 is 6.09 Å². The van der Waals surface area contributed by atoms with Gasteiger partial charge in [-0.05, 0) is 44.1 Å². The van der Waals surface area contributed by atoms with Crippen molar-refractivity contribution < 1.29 is 19.1 Å². The molecule has 0 bridgehead atoms. The average Bonchev–Trinajstić information content (AvgIpc) is 3.30. The number of imidazole rings is 2. The Kier molecular flexibility index (Phi) is 5.21. The maximum absolute atomic E-state index is 12.3. The summed E-state index contributed by atoms with van der Waals surface area (Å²) in [5.41, 5.74) is 3.46. The fraction of sp³-hybridized carbons (Fsp3) is 0.273. The Balaban J connectivity index is 1.54. The number of hydrogen-bond donors (Lipinski definition) is 3. The first kappa shape index (κ1) is 20.6. The van der Waals surface area contributed by atoms with Crippen molar-refractivity contribution in [1.82, 2.24) is 24.8 Å². The molecule has 33 heavy (non-hydrogen) atoms. The first-order valence-electron chi connectivity index (χ1n) is 10.6. The molecule has 1 aliphatic heterocycles. The maximum atomic E-state index is 12.3. The van der Waals surface area contributed by atoms with E-state index in [-0.39, 0.29) is 36.8 Å². The topological polar surface area (TPSA) is 143 Å². The third-order valence-corrected chi connectivity index (χ3v) is 5.20. The quantitative estimate of drug-likeness (QED) is 0.528. The lowest BCUT2D eigenvalue weighted by Gasteiger charge is -2.10. The molecule has 0 saturated heterocycles. The molecule has 3 N–H and O–H groups in total. The number of ketones is 1. The highest BCUT2D eigenvalue weighted by Crippen LogP contribution is 2.26. The predicted octanol–water partition coefficient (Wildman–Crippen LogP) is 2.14. The van der Waals surface area contributed by atoms with E-state index in [1.165, 1.54) is 6.08 Å². The highest BCUT2D eigenvalue weighted by Gasteiger charge is 2.25. The van der Waals surface area contributed by atoms with Gasteiger partial charge in [0.05, 0.1) is 17.8 Å². The van der Waals surface area contributed by atoms with Crippen LogP contribution < -0.4 is 10.6 Å². The van der Waals surface area contributed by atoms with Crippen LogP contribution in [0.15, 0.2) is 41.8 Å². The number of aromatic nitrogens is 4. The molecule has 1 aliphatic carbocycles. The van der Waals surface area contributed by atoms with E-state index in [2.05, 4.69) is 30.6 Å². The Morgan fingerprint density at radius 2 is 2.12 bits per heavy atom. The summed E-state index contributed by atoms with van der Waals surface area (Å²) in [6.07, 6.45) is 7.68. The first-order valence-corrected chi connectivity index (χ1v) is 10.6. The lowest BCUT2D eigenvalue weighted by molar-refractivity contribution is -0.113. The van der Waals surface area contributed by atoms with Crippen molar-refractivity contribution in [3.63, 3.8) is 0 Å². The van der Waals surface area contributed by atoms with Gasteiger partial charge in [0, 0.05) is 23.5 Å². The Morgan fingerprint density at radius 1 is 1.27 bits per heavy atom. The molecule has 0 atom stereocenters. The molecule has 2 amide bonds. The lowest BCUT2D eigenvalue weighted by Crippen LogP contribution is -2.25. The van der Waals surface area contributed by atoms with Gasteiger partial charge in [-0.2, -0.15) is 0 Å². The number of aliphatic imine (C=N–C) groups is 1. The number of carbonyl (C=O) groups excluding carboxylic acids is 3. The molecule has 0 spiro atoms. The monoisotopic (exact) mass is 447 g/mol. The fourth-order valence-corrected chi connectivity index (χ4v) is 3.45. The van der Waals surface area contributed by atoms with Gasteiger partial charge in [-0.25, -0.2) is 14.8 Å². The molecule has 1 aromatic carbocycles. The van der Waals surface area contributed by atoms with Crippen molar-refractivity contribution in [2.45, 2.75) is 25.8 Å². The van der Waals surface area contributed by atoms with Crippen LogP contribution in [0.2, 0.25) is 0 Å². The number of nitrogens with one attached hydrogen (secondary N) is 3. The summed E-state index contributed by atoms with van der Waals surface area (Å²) >= 11 is 0. The Morgan fingerprint density at radius 3 is 2.85 bits per heavy atom. The van der Waals surface area contributed by atoms with Gasteiger partial charge in [0.1, 0.15) is 24.1 Å². The molecule has 2 aromatic heterocycles. The van der Waals surface area contributed by atoms with Gasteiger partial charge in [0.25, 0.3) is 5.91 Å². The number of amides is 2. The van der Waals surface area contributed by atoms with Crippen molar-refractivity contribution in [1.29, 1.82) is 0 Å². The van der Waals surface area contributed by atoms with Crippen LogP contribution in [0.1, 0.15) is 35.8 Å². The van der Waals surface area contributed by atoms with Crippen molar-refractivity contribution in [2.75, 3.05) is 18.5 Å². The smallest absolute Gasteiger partial charge is 0.413 e. The zero-order chi connectivity index (χ0) is 22.9. The number of H-pyrrole nitrogens is 1. The van der Waals surface area contributed by atoms with Gasteiger partial charge in [0.2, 0.25) is 5.95 Å². The highest BCUT2D eigenvalue weighted by molar-refractivity contribution is 6.19. The highest BCUT2D eigenvalue weighted by atomic mass is 16.5. The van der Waals surface area contributed by atoms with Crippen LogP contribution in [0.5, 0.6) is 0 Å². The number of dihydropyridines is 1. The summed E-state index contributed by atoms with van der Waals surface area (Å²) in [6, 6.07) is 3.91. The number of allylic oxidation sites excluding steroid dienone is 1. The number of ether oxygens (including phenoxy) is 1. The van der Waals surface area contributed by atoms with E-state index in [9.17, 15) is 14.4 Å². The maximum Gasteiger partial charge on any atom is 0.413 e. The summed E-state index contributed by atoms with van der Waals surface area (Å²) in [5, 5.41) is 5.48. The van der Waals surface area contributed by atoms with Crippen molar-refractivity contribution in [3.8, 4) is 5.69 Å². The fourth-order valence-electron chi connectivity index (χ4n) is 3.45. The van der Waals surface area contributed by atoms with Crippen molar-refractivity contribution in [3.05, 3.63) is 48.1 Å². The minimum Gasteiger partial charge on any atom is -0.450 e. The molecule has 1 fully saturated rings.